The number of nitrogens with two attached hydrogens (primary N) is 1. The lowest BCUT2D eigenvalue weighted by molar-refractivity contribution is -0.129. The molecule has 7 heteroatoms. The molecule has 0 atom stereocenters. The molecule has 1 aromatic heterocycles. The van der Waals surface area contributed by atoms with Gasteiger partial charge < -0.3 is 10.6 Å². The molecule has 3 rings (SSSR count). The Bertz CT molecular complexity index is 928. The Hall–Kier alpha value is -2.41. The predicted octanol–water partition coefficient (Wildman–Crippen LogP) is 3.53. The van der Waals surface area contributed by atoms with Crippen molar-refractivity contribution in [1.29, 1.82) is 0 Å². The minimum Gasteiger partial charge on any atom is -0.366 e. The zero-order chi connectivity index (χ0) is 20.4. The van der Waals surface area contributed by atoms with E-state index in [1.54, 1.807) is 23.1 Å². The van der Waals surface area contributed by atoms with Crippen molar-refractivity contribution in [2.45, 2.75) is 51.2 Å². The molecule has 0 spiro atoms. The maximum absolute atomic E-state index is 14.0. The van der Waals surface area contributed by atoms with Crippen LogP contribution in [0, 0.1) is 26.6 Å². The minimum atomic E-state index is -0.548. The van der Waals surface area contributed by atoms with Crippen LogP contribution in [0.2, 0.25) is 0 Å². The third kappa shape index (κ3) is 4.35. The summed E-state index contributed by atoms with van der Waals surface area (Å²) in [5.74, 6) is -0.825. The number of carbonyl (C=O) groups excluding carboxylic acids is 2. The normalized spacial score (nSPS) is 13.4. The van der Waals surface area contributed by atoms with E-state index in [0.29, 0.717) is 16.2 Å². The fourth-order valence-corrected chi connectivity index (χ4v) is 4.16. The Morgan fingerprint density at radius 1 is 1.21 bits per heavy atom. The fourth-order valence-electron chi connectivity index (χ4n) is 3.14. The van der Waals surface area contributed by atoms with Gasteiger partial charge in [0, 0.05) is 23.8 Å². The maximum atomic E-state index is 14.0. The molecule has 28 heavy (non-hydrogen) atoms. The van der Waals surface area contributed by atoms with Crippen molar-refractivity contribution >= 4 is 23.6 Å². The van der Waals surface area contributed by atoms with E-state index in [-0.39, 0.29) is 30.1 Å². The van der Waals surface area contributed by atoms with E-state index in [1.807, 2.05) is 20.8 Å². The third-order valence-electron chi connectivity index (χ3n) is 5.15. The number of amides is 2. The summed E-state index contributed by atoms with van der Waals surface area (Å²) >= 11 is 1.21. The van der Waals surface area contributed by atoms with Crippen LogP contribution in [0.15, 0.2) is 29.3 Å². The molecule has 0 aliphatic heterocycles. The zero-order valence-corrected chi connectivity index (χ0v) is 17.1. The second-order valence-electron chi connectivity index (χ2n) is 7.12. The molecule has 2 aromatic rings. The maximum Gasteiger partial charge on any atom is 0.251 e. The minimum absolute atomic E-state index is 0.0937. The first kappa shape index (κ1) is 20.3. The predicted molar refractivity (Wildman–Crippen MR) is 108 cm³/mol. The van der Waals surface area contributed by atoms with Crippen molar-refractivity contribution in [3.63, 3.8) is 0 Å². The van der Waals surface area contributed by atoms with Crippen LogP contribution < -0.4 is 5.73 Å². The van der Waals surface area contributed by atoms with Gasteiger partial charge in [0.2, 0.25) is 5.91 Å². The molecule has 148 valence electrons. The van der Waals surface area contributed by atoms with Gasteiger partial charge in [-0.25, -0.2) is 9.37 Å². The van der Waals surface area contributed by atoms with E-state index in [9.17, 15) is 14.0 Å². The Morgan fingerprint density at radius 2 is 1.89 bits per heavy atom. The van der Waals surface area contributed by atoms with Gasteiger partial charge in [0.25, 0.3) is 5.91 Å². The van der Waals surface area contributed by atoms with Crippen molar-refractivity contribution in [2.24, 2.45) is 5.73 Å². The van der Waals surface area contributed by atoms with E-state index in [0.717, 1.165) is 29.7 Å². The molecule has 1 fully saturated rings. The van der Waals surface area contributed by atoms with Gasteiger partial charge in [-0.3, -0.25) is 9.59 Å². The Morgan fingerprint density at radius 3 is 2.50 bits per heavy atom. The molecule has 0 radical (unpaired) electrons. The van der Waals surface area contributed by atoms with E-state index < -0.39 is 5.91 Å². The highest BCUT2D eigenvalue weighted by molar-refractivity contribution is 8.00. The molecule has 5 nitrogen and oxygen atoms in total. The zero-order valence-electron chi connectivity index (χ0n) is 16.3. The number of nitrogens with zero attached hydrogens (tertiary/aromatic N) is 2. The molecule has 1 saturated carbocycles. The summed E-state index contributed by atoms with van der Waals surface area (Å²) in [6.07, 6.45) is 1.86. The lowest BCUT2D eigenvalue weighted by atomic mass is 10.0. The second kappa shape index (κ2) is 8.31. The molecule has 1 aliphatic carbocycles. The molecule has 1 aromatic carbocycles. The summed E-state index contributed by atoms with van der Waals surface area (Å²) in [6, 6.07) is 6.66. The Kier molecular flexibility index (Phi) is 6.03. The third-order valence-corrected chi connectivity index (χ3v) is 6.11. The largest absolute Gasteiger partial charge is 0.366 e. The first-order chi connectivity index (χ1) is 13.3. The molecule has 1 aliphatic rings. The first-order valence-corrected chi connectivity index (χ1v) is 10.2. The molecule has 0 unspecified atom stereocenters. The van der Waals surface area contributed by atoms with Crippen LogP contribution >= 0.6 is 11.8 Å². The van der Waals surface area contributed by atoms with Crippen LogP contribution in [0.3, 0.4) is 0 Å². The van der Waals surface area contributed by atoms with Crippen molar-refractivity contribution in [3.8, 4) is 0 Å². The summed E-state index contributed by atoms with van der Waals surface area (Å²) in [5.41, 5.74) is 8.94. The monoisotopic (exact) mass is 401 g/mol. The molecule has 1 heterocycles. The van der Waals surface area contributed by atoms with Crippen LogP contribution in [0.1, 0.15) is 45.6 Å². The summed E-state index contributed by atoms with van der Waals surface area (Å²) < 4.78 is 14.0. The van der Waals surface area contributed by atoms with E-state index in [4.69, 9.17) is 5.73 Å². The smallest absolute Gasteiger partial charge is 0.251 e. The molecule has 2 amide bonds. The van der Waals surface area contributed by atoms with E-state index >= 15 is 0 Å². The van der Waals surface area contributed by atoms with E-state index in [2.05, 4.69) is 4.98 Å². The van der Waals surface area contributed by atoms with Crippen molar-refractivity contribution in [2.75, 3.05) is 5.75 Å². The lowest BCUT2D eigenvalue weighted by Crippen LogP contribution is -2.34. The number of carbonyl (C=O) groups is 2. The molecular formula is C21H24FN3O2S. The number of aryl methyl sites for hydroxylation is 1. The topological polar surface area (TPSA) is 76.3 Å². The molecular weight excluding hydrogens is 377 g/mol. The summed E-state index contributed by atoms with van der Waals surface area (Å²) in [6.45, 7) is 5.85. The number of hydrogen-bond donors (Lipinski definition) is 1. The van der Waals surface area contributed by atoms with Gasteiger partial charge in [-0.1, -0.05) is 30.0 Å². The summed E-state index contributed by atoms with van der Waals surface area (Å²) in [4.78, 5) is 31.0. The SMILES string of the molecule is Cc1nc(SCC(=O)N(Cc2ccccc2F)C2CC2)c(C(N)=O)c(C)c1C. The number of hydrogen-bond acceptors (Lipinski definition) is 4. The van der Waals surface area contributed by atoms with E-state index in [1.165, 1.54) is 17.8 Å². The van der Waals surface area contributed by atoms with Gasteiger partial charge in [0.1, 0.15) is 10.8 Å². The van der Waals surface area contributed by atoms with Crippen molar-refractivity contribution in [1.82, 2.24) is 9.88 Å². The first-order valence-electron chi connectivity index (χ1n) is 9.22. The van der Waals surface area contributed by atoms with Gasteiger partial charge >= 0.3 is 0 Å². The number of pyridine rings is 1. The number of aromatic nitrogens is 1. The van der Waals surface area contributed by atoms with Gasteiger partial charge in [0.15, 0.2) is 0 Å². The summed E-state index contributed by atoms with van der Waals surface area (Å²) in [5, 5.41) is 0.475. The number of primary amides is 1. The number of benzene rings is 1. The van der Waals surface area contributed by atoms with Gasteiger partial charge in [-0.15, -0.1) is 0 Å². The van der Waals surface area contributed by atoms with Crippen molar-refractivity contribution < 1.29 is 14.0 Å². The van der Waals surface area contributed by atoms with Crippen LogP contribution in [-0.4, -0.2) is 33.5 Å². The second-order valence-corrected chi connectivity index (χ2v) is 8.09. The molecule has 0 saturated heterocycles. The fraction of sp³-hybridized carbons (Fsp3) is 0.381. The number of halogens is 1. The molecule has 2 N–H and O–H groups in total. The standard InChI is InChI=1S/C21H24FN3O2S/c1-12-13(2)19(20(23)27)21(24-14(12)3)28-11-18(26)25(16-8-9-16)10-15-6-4-5-7-17(15)22/h4-7,16H,8-11H2,1-3H3,(H2,23,27). The highest BCUT2D eigenvalue weighted by Crippen LogP contribution is 2.31. The number of thioether (sulfide) groups is 1. The Balaban J connectivity index is 1.77. The van der Waals surface area contributed by atoms with Crippen LogP contribution in [-0.2, 0) is 11.3 Å². The number of rotatable bonds is 7. The van der Waals surface area contributed by atoms with Gasteiger partial charge in [-0.2, -0.15) is 0 Å². The van der Waals surface area contributed by atoms with Crippen LogP contribution in [0.25, 0.3) is 0 Å². The van der Waals surface area contributed by atoms with Crippen molar-refractivity contribution in [3.05, 3.63) is 58.0 Å². The Labute approximate surface area is 168 Å². The highest BCUT2D eigenvalue weighted by atomic mass is 32.2. The average molecular weight is 402 g/mol. The van der Waals surface area contributed by atoms with Gasteiger partial charge in [-0.05, 0) is 50.8 Å². The highest BCUT2D eigenvalue weighted by Gasteiger charge is 2.33. The van der Waals surface area contributed by atoms with Gasteiger partial charge in [0.05, 0.1) is 11.3 Å². The molecule has 0 bridgehead atoms. The van der Waals surface area contributed by atoms with Crippen LogP contribution in [0.4, 0.5) is 4.39 Å². The quantitative estimate of drug-likeness (QED) is 0.720. The van der Waals surface area contributed by atoms with Crippen LogP contribution in [0.5, 0.6) is 0 Å². The summed E-state index contributed by atoms with van der Waals surface area (Å²) in [7, 11) is 0. The lowest BCUT2D eigenvalue weighted by Gasteiger charge is -2.23. The average Bonchev–Trinajstić information content (AvgIpc) is 3.48.